The molecule has 0 saturated heterocycles. The average molecular weight is 390 g/mol. The summed E-state index contributed by atoms with van der Waals surface area (Å²) >= 11 is 0. The van der Waals surface area contributed by atoms with Crippen LogP contribution >= 0.6 is 0 Å². The number of carbonyl (C=O) groups is 1. The van der Waals surface area contributed by atoms with Crippen LogP contribution in [0.25, 0.3) is 5.88 Å². The molecule has 0 saturated carbocycles. The summed E-state index contributed by atoms with van der Waals surface area (Å²) < 4.78 is 7.45. The molecule has 0 radical (unpaired) electrons. The zero-order valence-corrected chi connectivity index (χ0v) is 17.1. The van der Waals surface area contributed by atoms with Crippen molar-refractivity contribution in [2.45, 2.75) is 26.8 Å². The lowest BCUT2D eigenvalue weighted by molar-refractivity contribution is 0.0933. The first kappa shape index (κ1) is 20.4. The van der Waals surface area contributed by atoms with E-state index < -0.39 is 0 Å². The smallest absolute Gasteiger partial charge is 0.256 e. The normalized spacial score (nSPS) is 12.0. The topological polar surface area (TPSA) is 74.2 Å². The van der Waals surface area contributed by atoms with E-state index in [9.17, 15) is 10.1 Å². The number of amides is 1. The maximum Gasteiger partial charge on any atom is 0.256 e. The molecule has 3 aromatic rings. The molecule has 2 aromatic heterocycles. The monoisotopic (exact) mass is 390 g/mol. The minimum Gasteiger partial charge on any atom is -0.443 e. The number of nitrogens with one attached hydrogen (secondary N) is 1. The molecular formula is C23H26N4O2. The van der Waals surface area contributed by atoms with Crippen molar-refractivity contribution in [3.63, 3.8) is 0 Å². The van der Waals surface area contributed by atoms with E-state index >= 15 is 0 Å². The molecule has 0 aliphatic rings. The number of rotatable bonds is 8. The van der Waals surface area contributed by atoms with Gasteiger partial charge in [-0.3, -0.25) is 14.3 Å². The third kappa shape index (κ3) is 4.25. The number of furan rings is 1. The van der Waals surface area contributed by atoms with Crippen molar-refractivity contribution in [3.05, 3.63) is 77.3 Å². The zero-order chi connectivity index (χ0) is 20.8. The standard InChI is InChI=1S/C23H26N4O2/c1-4-26(5-2)20(18-11-7-6-8-12-18)16-25-22(28)21-17(3)29-23(19(21)15-24)27-13-9-10-14-27/h6-14,20H,4-5,16H2,1-3H3,(H,25,28). The Morgan fingerprint density at radius 1 is 1.17 bits per heavy atom. The minimum atomic E-state index is -0.297. The van der Waals surface area contributed by atoms with Crippen LogP contribution in [0, 0.1) is 18.3 Å². The molecule has 1 unspecified atom stereocenters. The van der Waals surface area contributed by atoms with Crippen LogP contribution in [-0.2, 0) is 0 Å². The third-order valence-corrected chi connectivity index (χ3v) is 5.14. The zero-order valence-electron chi connectivity index (χ0n) is 17.1. The van der Waals surface area contributed by atoms with Crippen LogP contribution in [0.1, 0.15) is 47.1 Å². The van der Waals surface area contributed by atoms with E-state index in [0.717, 1.165) is 18.7 Å². The fraction of sp³-hybridized carbons (Fsp3) is 0.304. The van der Waals surface area contributed by atoms with Gasteiger partial charge in [0.15, 0.2) is 0 Å². The molecule has 6 heteroatoms. The second kappa shape index (κ2) is 9.26. The maximum atomic E-state index is 13.0. The Labute approximate surface area is 171 Å². The van der Waals surface area contributed by atoms with Crippen LogP contribution in [0.3, 0.4) is 0 Å². The van der Waals surface area contributed by atoms with E-state index in [2.05, 4.69) is 42.3 Å². The second-order valence-electron chi connectivity index (χ2n) is 6.77. The highest BCUT2D eigenvalue weighted by atomic mass is 16.4. The van der Waals surface area contributed by atoms with Gasteiger partial charge in [0.2, 0.25) is 5.88 Å². The van der Waals surface area contributed by atoms with Gasteiger partial charge in [0.05, 0.1) is 6.04 Å². The minimum absolute atomic E-state index is 0.0526. The van der Waals surface area contributed by atoms with Crippen LogP contribution in [-0.4, -0.2) is 35.0 Å². The Bertz CT molecular complexity index is 980. The quantitative estimate of drug-likeness (QED) is 0.629. The number of aryl methyl sites for hydroxylation is 1. The van der Waals surface area contributed by atoms with Crippen molar-refractivity contribution in [3.8, 4) is 12.0 Å². The van der Waals surface area contributed by atoms with E-state index in [1.165, 1.54) is 0 Å². The molecule has 2 heterocycles. The Morgan fingerprint density at radius 2 is 1.83 bits per heavy atom. The number of carbonyl (C=O) groups excluding carboxylic acids is 1. The van der Waals surface area contributed by atoms with Gasteiger partial charge in [-0.2, -0.15) is 5.26 Å². The molecule has 1 aromatic carbocycles. The van der Waals surface area contributed by atoms with E-state index in [1.807, 2.05) is 30.3 Å². The van der Waals surface area contributed by atoms with Gasteiger partial charge in [0.25, 0.3) is 5.91 Å². The van der Waals surface area contributed by atoms with Crippen LogP contribution in [0.4, 0.5) is 0 Å². The average Bonchev–Trinajstić information content (AvgIpc) is 3.39. The summed E-state index contributed by atoms with van der Waals surface area (Å²) in [5.41, 5.74) is 1.69. The van der Waals surface area contributed by atoms with Crippen LogP contribution in [0.15, 0.2) is 59.3 Å². The highest BCUT2D eigenvalue weighted by Crippen LogP contribution is 2.26. The van der Waals surface area contributed by atoms with Crippen molar-refractivity contribution in [2.24, 2.45) is 0 Å². The summed E-state index contributed by atoms with van der Waals surface area (Å²) in [4.78, 5) is 15.3. The lowest BCUT2D eigenvalue weighted by Gasteiger charge is -2.30. The Morgan fingerprint density at radius 3 is 2.41 bits per heavy atom. The van der Waals surface area contributed by atoms with Crippen LogP contribution in [0.2, 0.25) is 0 Å². The van der Waals surface area contributed by atoms with Gasteiger partial charge < -0.3 is 9.73 Å². The number of benzene rings is 1. The molecule has 0 spiro atoms. The van der Waals surface area contributed by atoms with E-state index in [0.29, 0.717) is 23.8 Å². The first-order valence-corrected chi connectivity index (χ1v) is 9.84. The summed E-state index contributed by atoms with van der Waals surface area (Å²) in [6.07, 6.45) is 3.57. The van der Waals surface area contributed by atoms with Gasteiger partial charge in [-0.15, -0.1) is 0 Å². The van der Waals surface area contributed by atoms with Crippen LogP contribution < -0.4 is 5.32 Å². The first-order valence-electron chi connectivity index (χ1n) is 9.84. The summed E-state index contributed by atoms with van der Waals surface area (Å²) in [5, 5.41) is 12.7. The molecule has 29 heavy (non-hydrogen) atoms. The largest absolute Gasteiger partial charge is 0.443 e. The van der Waals surface area contributed by atoms with Gasteiger partial charge in [-0.05, 0) is 37.7 Å². The first-order chi connectivity index (χ1) is 14.1. The van der Waals surface area contributed by atoms with Gasteiger partial charge >= 0.3 is 0 Å². The number of aromatic nitrogens is 1. The molecule has 1 atom stereocenters. The number of hydrogen-bond acceptors (Lipinski definition) is 4. The van der Waals surface area contributed by atoms with Gasteiger partial charge in [0, 0.05) is 18.9 Å². The van der Waals surface area contributed by atoms with Crippen molar-refractivity contribution >= 4 is 5.91 Å². The maximum absolute atomic E-state index is 13.0. The van der Waals surface area contributed by atoms with Gasteiger partial charge in [-0.25, -0.2) is 0 Å². The molecule has 0 aliphatic carbocycles. The SMILES string of the molecule is CCN(CC)C(CNC(=O)c1c(C)oc(-n2cccc2)c1C#N)c1ccccc1. The Hall–Kier alpha value is -3.30. The molecule has 0 fully saturated rings. The van der Waals surface area contributed by atoms with Crippen molar-refractivity contribution < 1.29 is 9.21 Å². The highest BCUT2D eigenvalue weighted by Gasteiger charge is 2.26. The molecule has 150 valence electrons. The summed E-state index contributed by atoms with van der Waals surface area (Å²) in [6.45, 7) is 8.12. The lowest BCUT2D eigenvalue weighted by atomic mass is 10.0. The molecule has 6 nitrogen and oxygen atoms in total. The Kier molecular flexibility index (Phi) is 6.53. The van der Waals surface area contributed by atoms with Crippen molar-refractivity contribution in [2.75, 3.05) is 19.6 Å². The predicted octanol–water partition coefficient (Wildman–Crippen LogP) is 4.06. The fourth-order valence-electron chi connectivity index (χ4n) is 3.63. The van der Waals surface area contributed by atoms with Crippen LogP contribution in [0.5, 0.6) is 0 Å². The molecule has 0 bridgehead atoms. The van der Waals surface area contributed by atoms with E-state index in [1.54, 1.807) is 23.9 Å². The fourth-order valence-corrected chi connectivity index (χ4v) is 3.63. The van der Waals surface area contributed by atoms with Crippen molar-refractivity contribution in [1.29, 1.82) is 5.26 Å². The lowest BCUT2D eigenvalue weighted by Crippen LogP contribution is -2.38. The van der Waals surface area contributed by atoms with Crippen molar-refractivity contribution in [1.82, 2.24) is 14.8 Å². The molecule has 1 N–H and O–H groups in total. The molecule has 3 rings (SSSR count). The molecule has 0 aliphatic heterocycles. The summed E-state index contributed by atoms with van der Waals surface area (Å²) in [7, 11) is 0. The van der Waals surface area contributed by atoms with E-state index in [4.69, 9.17) is 4.42 Å². The van der Waals surface area contributed by atoms with Gasteiger partial charge in [-0.1, -0.05) is 44.2 Å². The Balaban J connectivity index is 1.85. The number of nitriles is 1. The molecular weight excluding hydrogens is 364 g/mol. The van der Waals surface area contributed by atoms with E-state index in [-0.39, 0.29) is 17.5 Å². The summed E-state index contributed by atoms with van der Waals surface area (Å²) in [6, 6.07) is 16.0. The number of hydrogen-bond donors (Lipinski definition) is 1. The van der Waals surface area contributed by atoms with Gasteiger partial charge in [0.1, 0.15) is 23.0 Å². The highest BCUT2D eigenvalue weighted by molar-refractivity contribution is 5.98. The number of likely N-dealkylation sites (N-methyl/N-ethyl adjacent to an activating group) is 1. The number of nitrogens with zero attached hydrogens (tertiary/aromatic N) is 3. The second-order valence-corrected chi connectivity index (χ2v) is 6.77. The summed E-state index contributed by atoms with van der Waals surface area (Å²) in [5.74, 6) is 0.500. The predicted molar refractivity (Wildman–Crippen MR) is 112 cm³/mol. The third-order valence-electron chi connectivity index (χ3n) is 5.14. The molecule has 1 amide bonds.